The average Bonchev–Trinajstić information content (AvgIpc) is 3.28. The Bertz CT molecular complexity index is 926. The largest absolute Gasteiger partial charge is 0.368 e. The molecule has 3 aromatic rings. The van der Waals surface area contributed by atoms with Gasteiger partial charge in [-0.1, -0.05) is 35.5 Å². The van der Waals surface area contributed by atoms with Gasteiger partial charge in [0.15, 0.2) is 0 Å². The highest BCUT2D eigenvalue weighted by Crippen LogP contribution is 2.17. The molecule has 0 saturated carbocycles. The van der Waals surface area contributed by atoms with E-state index in [0.717, 1.165) is 19.3 Å². The van der Waals surface area contributed by atoms with Crippen LogP contribution in [0.15, 0.2) is 53.4 Å². The molecular weight excluding hydrogens is 384 g/mol. The Labute approximate surface area is 174 Å². The SMILES string of the molecule is O=C(NCCc1ccccc1)N1CCC(OCc2nc(-c3cnccn3)no2)CC1. The number of hydrogen-bond acceptors (Lipinski definition) is 7. The number of nitrogens with zero attached hydrogens (tertiary/aromatic N) is 5. The lowest BCUT2D eigenvalue weighted by Crippen LogP contribution is -2.46. The van der Waals surface area contributed by atoms with Crippen molar-refractivity contribution in [1.29, 1.82) is 0 Å². The van der Waals surface area contributed by atoms with Crippen molar-refractivity contribution in [3.8, 4) is 11.5 Å². The number of likely N-dealkylation sites (tertiary alicyclic amines) is 1. The van der Waals surface area contributed by atoms with Crippen molar-refractivity contribution in [2.24, 2.45) is 0 Å². The average molecular weight is 408 g/mol. The first-order valence-corrected chi connectivity index (χ1v) is 10.1. The van der Waals surface area contributed by atoms with Gasteiger partial charge in [-0.05, 0) is 24.8 Å². The quantitative estimate of drug-likeness (QED) is 0.640. The van der Waals surface area contributed by atoms with Crippen LogP contribution in [-0.2, 0) is 17.8 Å². The predicted molar refractivity (Wildman–Crippen MR) is 108 cm³/mol. The van der Waals surface area contributed by atoms with Gasteiger partial charge in [0.25, 0.3) is 5.89 Å². The van der Waals surface area contributed by atoms with E-state index in [1.807, 2.05) is 23.1 Å². The third kappa shape index (κ3) is 5.38. The first-order chi connectivity index (χ1) is 14.8. The Morgan fingerprint density at radius 3 is 2.80 bits per heavy atom. The maximum Gasteiger partial charge on any atom is 0.317 e. The number of urea groups is 1. The monoisotopic (exact) mass is 408 g/mol. The highest BCUT2D eigenvalue weighted by atomic mass is 16.5. The van der Waals surface area contributed by atoms with Crippen molar-refractivity contribution < 1.29 is 14.1 Å². The maximum absolute atomic E-state index is 12.3. The second-order valence-electron chi connectivity index (χ2n) is 7.07. The zero-order valence-electron chi connectivity index (χ0n) is 16.6. The standard InChI is InChI=1S/C21H24N6O3/c28-21(24-9-6-16-4-2-1-3-5-16)27-12-7-17(8-13-27)29-15-19-25-20(26-30-19)18-14-22-10-11-23-18/h1-5,10-11,14,17H,6-9,12-13,15H2,(H,24,28). The first-order valence-electron chi connectivity index (χ1n) is 10.1. The fourth-order valence-electron chi connectivity index (χ4n) is 3.32. The van der Waals surface area contributed by atoms with Crippen LogP contribution in [0.4, 0.5) is 4.79 Å². The fraction of sp³-hybridized carbons (Fsp3) is 0.381. The molecular formula is C21H24N6O3. The minimum atomic E-state index is -0.0186. The third-order valence-corrected chi connectivity index (χ3v) is 4.96. The molecule has 0 radical (unpaired) electrons. The van der Waals surface area contributed by atoms with Gasteiger partial charge >= 0.3 is 6.03 Å². The van der Waals surface area contributed by atoms with Crippen molar-refractivity contribution in [1.82, 2.24) is 30.3 Å². The lowest BCUT2D eigenvalue weighted by atomic mass is 10.1. The molecule has 1 saturated heterocycles. The summed E-state index contributed by atoms with van der Waals surface area (Å²) in [5, 5.41) is 6.90. The summed E-state index contributed by atoms with van der Waals surface area (Å²) in [4.78, 5) is 26.6. The van der Waals surface area contributed by atoms with Crippen molar-refractivity contribution in [2.45, 2.75) is 32.0 Å². The predicted octanol–water partition coefficient (Wildman–Crippen LogP) is 2.46. The number of piperidine rings is 1. The molecule has 0 bridgehead atoms. The van der Waals surface area contributed by atoms with Crippen LogP contribution in [0.2, 0.25) is 0 Å². The highest BCUT2D eigenvalue weighted by molar-refractivity contribution is 5.74. The lowest BCUT2D eigenvalue weighted by molar-refractivity contribution is -0.00609. The molecule has 0 atom stereocenters. The molecule has 1 aliphatic heterocycles. The van der Waals surface area contributed by atoms with Gasteiger partial charge in [0.1, 0.15) is 12.3 Å². The van der Waals surface area contributed by atoms with Crippen LogP contribution in [0.5, 0.6) is 0 Å². The van der Waals surface area contributed by atoms with Gasteiger partial charge in [-0.25, -0.2) is 9.78 Å². The Morgan fingerprint density at radius 2 is 2.03 bits per heavy atom. The number of aromatic nitrogens is 4. The molecule has 0 spiro atoms. The molecule has 1 N–H and O–H groups in total. The van der Waals surface area contributed by atoms with E-state index in [0.29, 0.717) is 37.0 Å². The molecule has 9 heteroatoms. The number of benzene rings is 1. The first kappa shape index (κ1) is 20.0. The Hall–Kier alpha value is -3.33. The van der Waals surface area contributed by atoms with E-state index in [4.69, 9.17) is 9.26 Å². The summed E-state index contributed by atoms with van der Waals surface area (Å²) in [6.45, 7) is 2.19. The second kappa shape index (κ2) is 9.93. The lowest BCUT2D eigenvalue weighted by Gasteiger charge is -2.31. The van der Waals surface area contributed by atoms with E-state index < -0.39 is 0 Å². The molecule has 30 heavy (non-hydrogen) atoms. The zero-order chi connectivity index (χ0) is 20.6. The number of carbonyl (C=O) groups excluding carboxylic acids is 1. The van der Waals surface area contributed by atoms with Crippen LogP contribution in [0, 0.1) is 0 Å². The van der Waals surface area contributed by atoms with Gasteiger partial charge in [-0.2, -0.15) is 4.98 Å². The number of ether oxygens (including phenoxy) is 1. The van der Waals surface area contributed by atoms with E-state index in [2.05, 4.69) is 37.6 Å². The summed E-state index contributed by atoms with van der Waals surface area (Å²) in [6, 6.07) is 10.1. The van der Waals surface area contributed by atoms with Gasteiger partial charge in [-0.3, -0.25) is 4.98 Å². The second-order valence-corrected chi connectivity index (χ2v) is 7.07. The molecule has 1 aliphatic rings. The third-order valence-electron chi connectivity index (χ3n) is 4.96. The molecule has 4 rings (SSSR count). The Balaban J connectivity index is 1.16. The Morgan fingerprint density at radius 1 is 1.20 bits per heavy atom. The summed E-state index contributed by atoms with van der Waals surface area (Å²) in [5.41, 5.74) is 1.77. The molecule has 9 nitrogen and oxygen atoms in total. The molecule has 1 aromatic carbocycles. The van der Waals surface area contributed by atoms with Gasteiger partial charge in [-0.15, -0.1) is 0 Å². The van der Waals surface area contributed by atoms with Crippen molar-refractivity contribution in [3.63, 3.8) is 0 Å². The molecule has 2 amide bonds. The highest BCUT2D eigenvalue weighted by Gasteiger charge is 2.23. The molecule has 1 fully saturated rings. The topological polar surface area (TPSA) is 106 Å². The summed E-state index contributed by atoms with van der Waals surface area (Å²) < 4.78 is 11.1. The summed E-state index contributed by atoms with van der Waals surface area (Å²) in [6.07, 6.45) is 7.18. The van der Waals surface area contributed by atoms with E-state index in [-0.39, 0.29) is 18.7 Å². The van der Waals surface area contributed by atoms with Crippen molar-refractivity contribution in [3.05, 3.63) is 60.4 Å². The smallest absolute Gasteiger partial charge is 0.317 e. The Kier molecular flexibility index (Phi) is 6.61. The van der Waals surface area contributed by atoms with Crippen molar-refractivity contribution in [2.75, 3.05) is 19.6 Å². The fourth-order valence-corrected chi connectivity index (χ4v) is 3.32. The van der Waals surface area contributed by atoms with Crippen molar-refractivity contribution >= 4 is 6.03 Å². The number of amides is 2. The van der Waals surface area contributed by atoms with E-state index in [9.17, 15) is 4.79 Å². The minimum Gasteiger partial charge on any atom is -0.368 e. The number of rotatable bonds is 7. The van der Waals surface area contributed by atoms with Crippen LogP contribution < -0.4 is 5.32 Å². The summed E-state index contributed by atoms with van der Waals surface area (Å²) in [5.74, 6) is 0.792. The maximum atomic E-state index is 12.3. The minimum absolute atomic E-state index is 0.0186. The summed E-state index contributed by atoms with van der Waals surface area (Å²) in [7, 11) is 0. The van der Waals surface area contributed by atoms with Gasteiger partial charge in [0, 0.05) is 32.0 Å². The van der Waals surface area contributed by atoms with Crippen LogP contribution in [0.25, 0.3) is 11.5 Å². The van der Waals surface area contributed by atoms with Crippen LogP contribution >= 0.6 is 0 Å². The van der Waals surface area contributed by atoms with Crippen LogP contribution in [-0.4, -0.2) is 56.8 Å². The van der Waals surface area contributed by atoms with E-state index in [1.54, 1.807) is 18.6 Å². The van der Waals surface area contributed by atoms with Crippen LogP contribution in [0.1, 0.15) is 24.3 Å². The molecule has 0 aliphatic carbocycles. The van der Waals surface area contributed by atoms with Gasteiger partial charge in [0.05, 0.1) is 12.3 Å². The van der Waals surface area contributed by atoms with E-state index in [1.165, 1.54) is 5.56 Å². The normalized spacial score (nSPS) is 14.6. The van der Waals surface area contributed by atoms with E-state index >= 15 is 0 Å². The van der Waals surface area contributed by atoms with Crippen LogP contribution in [0.3, 0.4) is 0 Å². The number of hydrogen-bond donors (Lipinski definition) is 1. The number of carbonyl (C=O) groups is 1. The molecule has 156 valence electrons. The van der Waals surface area contributed by atoms with Gasteiger partial charge < -0.3 is 19.5 Å². The van der Waals surface area contributed by atoms with Gasteiger partial charge in [0.2, 0.25) is 5.82 Å². The zero-order valence-corrected chi connectivity index (χ0v) is 16.6. The molecule has 2 aromatic heterocycles. The summed E-state index contributed by atoms with van der Waals surface area (Å²) >= 11 is 0. The number of nitrogens with one attached hydrogen (secondary N) is 1. The molecule has 3 heterocycles. The molecule has 0 unspecified atom stereocenters.